The first-order chi connectivity index (χ1) is 33.7. The number of anilines is 2. The van der Waals surface area contributed by atoms with Gasteiger partial charge in [-0.1, -0.05) is 17.9 Å². The summed E-state index contributed by atoms with van der Waals surface area (Å²) in [5.41, 5.74) is 10.8. The first kappa shape index (κ1) is 50.0. The number of nitrogens with zero attached hydrogens (tertiary/aromatic N) is 4. The van der Waals surface area contributed by atoms with E-state index in [4.69, 9.17) is 29.5 Å². The van der Waals surface area contributed by atoms with Gasteiger partial charge in [-0.3, -0.25) is 19.1 Å². The molecule has 374 valence electrons. The Balaban J connectivity index is 0.964. The molecule has 1 fully saturated rings. The van der Waals surface area contributed by atoms with Crippen molar-refractivity contribution in [1.82, 2.24) is 24.4 Å². The first-order valence-electron chi connectivity index (χ1n) is 22.6. The molecule has 1 saturated heterocycles. The quantitative estimate of drug-likeness (QED) is 0.0440. The highest BCUT2D eigenvalue weighted by atomic mass is 31.3. The number of nitrogens with two attached hydrogens (primary N) is 1. The molecule has 71 heavy (non-hydrogen) atoms. The van der Waals surface area contributed by atoms with Gasteiger partial charge >= 0.3 is 29.4 Å². The SMILES string of the molecule is CCN1CCCc2cc3c(cc21)Oc1cc2c(cc1=C3c1ccc(C(=O)NCC#Cc3cn([C@H]4CC[C@@H](COP(=O)(O)OP(=O)(O)OP(=O)(O)O)O4)c4nc(N)[nH]c(=O)c34)cc1C(=O)O)CCC[N+]=2CC. The zero-order valence-electron chi connectivity index (χ0n) is 38.2. The normalized spacial score (nSPS) is 19.0. The summed E-state index contributed by atoms with van der Waals surface area (Å²) in [4.78, 5) is 85.9. The molecule has 6 heterocycles. The Morgan fingerprint density at radius 3 is 2.52 bits per heavy atom. The molecule has 0 bridgehead atoms. The topological polar surface area (TPSA) is 328 Å². The lowest BCUT2D eigenvalue weighted by atomic mass is 9.86. The van der Waals surface area contributed by atoms with Gasteiger partial charge in [0.1, 0.15) is 30.8 Å². The molecule has 4 atom stereocenters. The number of H-pyrrole nitrogens is 1. The van der Waals surface area contributed by atoms with Crippen LogP contribution in [0.3, 0.4) is 0 Å². The molecular formula is C45H49N7O16P3+. The van der Waals surface area contributed by atoms with E-state index in [9.17, 15) is 43.0 Å². The van der Waals surface area contributed by atoms with E-state index in [1.807, 2.05) is 0 Å². The van der Waals surface area contributed by atoms with Crippen LogP contribution in [0.2, 0.25) is 0 Å². The molecule has 26 heteroatoms. The third-order valence-electron chi connectivity index (χ3n) is 12.6. The maximum atomic E-state index is 13.7. The second-order valence-electron chi connectivity index (χ2n) is 17.1. The van der Waals surface area contributed by atoms with Crippen molar-refractivity contribution < 1.29 is 70.6 Å². The minimum absolute atomic E-state index is 0.0280. The number of phosphoric ester groups is 1. The van der Waals surface area contributed by atoms with Crippen LogP contribution in [-0.2, 0) is 44.4 Å². The third-order valence-corrected chi connectivity index (χ3v) is 16.4. The molecule has 0 spiro atoms. The van der Waals surface area contributed by atoms with E-state index in [0.717, 1.165) is 84.8 Å². The van der Waals surface area contributed by atoms with Gasteiger partial charge in [-0.2, -0.15) is 13.6 Å². The van der Waals surface area contributed by atoms with Gasteiger partial charge in [-0.05, 0) is 81.3 Å². The molecule has 1 amide bonds. The number of rotatable bonds is 14. The van der Waals surface area contributed by atoms with Crippen LogP contribution in [0.25, 0.3) is 16.6 Å². The molecule has 0 aliphatic carbocycles. The van der Waals surface area contributed by atoms with E-state index in [1.165, 1.54) is 16.8 Å². The average Bonchev–Trinajstić information content (AvgIpc) is 3.93. The molecule has 0 saturated carbocycles. The number of fused-ring (bicyclic) bond motifs is 5. The lowest BCUT2D eigenvalue weighted by molar-refractivity contribution is -0.0202. The molecule has 4 aliphatic heterocycles. The second kappa shape index (κ2) is 19.6. The van der Waals surface area contributed by atoms with Crippen molar-refractivity contribution in [3.63, 3.8) is 0 Å². The highest BCUT2D eigenvalue weighted by molar-refractivity contribution is 7.66. The number of aromatic nitrogens is 3. The van der Waals surface area contributed by atoms with Crippen molar-refractivity contribution in [3.05, 3.63) is 109 Å². The van der Waals surface area contributed by atoms with Gasteiger partial charge in [0, 0.05) is 64.9 Å². The van der Waals surface area contributed by atoms with E-state index in [0.29, 0.717) is 22.6 Å². The third kappa shape index (κ3) is 10.5. The molecule has 4 aliphatic rings. The summed E-state index contributed by atoms with van der Waals surface area (Å²) in [7, 11) is -16.7. The number of hydrogen-bond acceptors (Lipinski definition) is 14. The molecular weight excluding hydrogens is 987 g/mol. The van der Waals surface area contributed by atoms with Crippen LogP contribution >= 0.6 is 23.5 Å². The molecule has 2 aromatic heterocycles. The molecule has 23 nitrogen and oxygen atoms in total. The number of carboxylic acids is 1. The van der Waals surface area contributed by atoms with E-state index >= 15 is 0 Å². The Hall–Kier alpha value is -5.98. The summed E-state index contributed by atoms with van der Waals surface area (Å²) in [5, 5.41) is 15.4. The number of carbonyl (C=O) groups excluding carboxylic acids is 1. The van der Waals surface area contributed by atoms with Crippen LogP contribution in [0.5, 0.6) is 11.5 Å². The van der Waals surface area contributed by atoms with Crippen molar-refractivity contribution in [3.8, 4) is 23.3 Å². The number of phosphoric acid groups is 3. The van der Waals surface area contributed by atoms with Gasteiger partial charge in [0.05, 0.1) is 41.8 Å². The van der Waals surface area contributed by atoms with Crippen LogP contribution in [-0.4, -0.2) is 96.5 Å². The Morgan fingerprint density at radius 1 is 0.986 bits per heavy atom. The van der Waals surface area contributed by atoms with Gasteiger partial charge in [-0.25, -0.2) is 23.1 Å². The van der Waals surface area contributed by atoms with Crippen LogP contribution in [0, 0.1) is 11.8 Å². The predicted octanol–water partition coefficient (Wildman–Crippen LogP) is 3.39. The fourth-order valence-electron chi connectivity index (χ4n) is 9.58. The van der Waals surface area contributed by atoms with Crippen molar-refractivity contribution in [2.24, 2.45) is 0 Å². The molecule has 2 unspecified atom stereocenters. The van der Waals surface area contributed by atoms with Crippen LogP contribution in [0.4, 0.5) is 11.6 Å². The van der Waals surface area contributed by atoms with E-state index in [2.05, 4.69) is 83.3 Å². The molecule has 0 radical (unpaired) electrons. The van der Waals surface area contributed by atoms with Crippen LogP contribution < -0.4 is 41.4 Å². The van der Waals surface area contributed by atoms with E-state index < -0.39 is 59.8 Å². The van der Waals surface area contributed by atoms with Gasteiger partial charge in [-0.15, -0.1) is 0 Å². The number of carboxylic acid groups (broad SMARTS) is 1. The lowest BCUT2D eigenvalue weighted by Gasteiger charge is -2.32. The fourth-order valence-corrected chi connectivity index (χ4v) is 12.6. The summed E-state index contributed by atoms with van der Waals surface area (Å²) in [5.74, 6) is 4.87. The standard InChI is InChI=1S/C45H48N7O16P3/c1-3-50-16-6-9-25-18-32-36(21-34(25)50)66-37-22-35-26(10-7-17-51(35)4-2)19-33(37)40(32)30-13-11-27(20-31(30)44(55)56)42(53)47-15-5-8-28-23-52(41-39(28)43(54)49-45(46)48-41)38-14-12-29(65-38)24-64-70(60,61)68-71(62,63)67-69(57,58)59/h11,13,18-23,29,38H,3-4,6-7,9-10,12,14-17,24H2,1-2H3,(H8-,46,47,48,49,53,54,55,56,57,58,59,60,61,62,63)/p+1/t29-,38+/m0/s1. The Bertz CT molecular complexity index is 3450. The number of nitrogens with one attached hydrogen (secondary N) is 2. The monoisotopic (exact) mass is 1040 g/mol. The lowest BCUT2D eigenvalue weighted by Crippen LogP contribution is -2.39. The van der Waals surface area contributed by atoms with E-state index in [1.54, 1.807) is 12.1 Å². The largest absolute Gasteiger partial charge is 0.490 e. The number of aryl methyl sites for hydroxylation is 2. The second-order valence-corrected chi connectivity index (χ2v) is 21.5. The van der Waals surface area contributed by atoms with Gasteiger partial charge in [0.15, 0.2) is 5.65 Å². The van der Waals surface area contributed by atoms with Gasteiger partial charge in [0.2, 0.25) is 11.3 Å². The number of carbonyl (C=O) groups is 2. The number of benzene rings is 3. The summed E-state index contributed by atoms with van der Waals surface area (Å²) >= 11 is 0. The minimum atomic E-state index is -5.73. The smallest absolute Gasteiger partial charge is 0.478 e. The maximum Gasteiger partial charge on any atom is 0.490 e. The number of aromatic carboxylic acids is 1. The highest BCUT2D eigenvalue weighted by Crippen LogP contribution is 2.66. The molecule has 9 N–H and O–H groups in total. The first-order valence-corrected chi connectivity index (χ1v) is 27.1. The molecule has 9 rings (SSSR count). The summed E-state index contributed by atoms with van der Waals surface area (Å²) in [6, 6.07) is 12.9. The number of amides is 1. The van der Waals surface area contributed by atoms with Crippen molar-refractivity contribution in [1.29, 1.82) is 0 Å². The summed E-state index contributed by atoms with van der Waals surface area (Å²) < 4.78 is 63.6. The zero-order valence-corrected chi connectivity index (χ0v) is 40.9. The maximum absolute atomic E-state index is 13.7. The number of aromatic amines is 1. The van der Waals surface area contributed by atoms with Crippen molar-refractivity contribution in [2.45, 2.75) is 64.7 Å². The molecule has 3 aromatic carbocycles. The van der Waals surface area contributed by atoms with Gasteiger partial charge in [0.25, 0.3) is 11.5 Å². The van der Waals surface area contributed by atoms with Gasteiger partial charge < -0.3 is 54.7 Å². The number of hydrogen-bond donors (Lipinski definition) is 8. The van der Waals surface area contributed by atoms with Crippen molar-refractivity contribution >= 4 is 63.6 Å². The molecule has 5 aromatic rings. The Kier molecular flexibility index (Phi) is 13.8. The number of ether oxygens (including phenoxy) is 2. The van der Waals surface area contributed by atoms with Crippen LogP contribution in [0.1, 0.15) is 94.3 Å². The zero-order chi connectivity index (χ0) is 50.6. The Labute approximate surface area is 404 Å². The average molecular weight is 1040 g/mol. The predicted molar refractivity (Wildman–Crippen MR) is 255 cm³/mol. The van der Waals surface area contributed by atoms with Crippen molar-refractivity contribution in [2.75, 3.05) is 50.0 Å². The summed E-state index contributed by atoms with van der Waals surface area (Å²) in [6.07, 6.45) is 3.76. The summed E-state index contributed by atoms with van der Waals surface area (Å²) in [6.45, 7) is 6.82. The minimum Gasteiger partial charge on any atom is -0.478 e. The Morgan fingerprint density at radius 2 is 1.77 bits per heavy atom. The highest BCUT2D eigenvalue weighted by Gasteiger charge is 2.42. The van der Waals surface area contributed by atoms with Crippen LogP contribution in [0.15, 0.2) is 53.5 Å². The number of nitrogen functional groups attached to an aromatic ring is 1. The van der Waals surface area contributed by atoms with E-state index in [-0.39, 0.29) is 53.1 Å². The fraction of sp³-hybridized carbons (Fsp3) is 0.356.